The van der Waals surface area contributed by atoms with Crippen molar-refractivity contribution in [3.8, 4) is 6.07 Å². The number of nitrogens with one attached hydrogen (secondary N) is 1. The summed E-state index contributed by atoms with van der Waals surface area (Å²) in [4.78, 5) is 11.2. The molecule has 0 fully saturated rings. The molecule has 0 bridgehead atoms. The number of hydrogen-bond donors (Lipinski definition) is 2. The van der Waals surface area contributed by atoms with Crippen LogP contribution in [0, 0.1) is 16.7 Å². The SMILES string of the molecule is CCC(N)C(=O)NCC(C)(C)C#N. The molecule has 1 unspecified atom stereocenters. The van der Waals surface area contributed by atoms with Crippen LogP contribution in [0.4, 0.5) is 0 Å². The van der Waals surface area contributed by atoms with E-state index in [1.54, 1.807) is 13.8 Å². The summed E-state index contributed by atoms with van der Waals surface area (Å²) in [5, 5.41) is 11.3. The van der Waals surface area contributed by atoms with E-state index in [1.807, 2.05) is 6.92 Å². The molecule has 4 heteroatoms. The second kappa shape index (κ2) is 4.83. The Labute approximate surface area is 79.1 Å². The fraction of sp³-hybridized carbons (Fsp3) is 0.778. The van der Waals surface area contributed by atoms with Crippen LogP contribution >= 0.6 is 0 Å². The third kappa shape index (κ3) is 4.48. The first kappa shape index (κ1) is 11.9. The smallest absolute Gasteiger partial charge is 0.236 e. The summed E-state index contributed by atoms with van der Waals surface area (Å²) in [5.74, 6) is -0.189. The first-order chi connectivity index (χ1) is 5.93. The van der Waals surface area contributed by atoms with Crippen molar-refractivity contribution in [3.05, 3.63) is 0 Å². The molecule has 0 aromatic carbocycles. The molecule has 1 atom stereocenters. The summed E-state index contributed by atoms with van der Waals surface area (Å²) in [6.45, 7) is 5.73. The summed E-state index contributed by atoms with van der Waals surface area (Å²) in [6.07, 6.45) is 0.610. The molecule has 0 spiro atoms. The van der Waals surface area contributed by atoms with E-state index in [2.05, 4.69) is 11.4 Å². The van der Waals surface area contributed by atoms with Gasteiger partial charge in [0.15, 0.2) is 0 Å². The number of rotatable bonds is 4. The van der Waals surface area contributed by atoms with Crippen molar-refractivity contribution in [1.29, 1.82) is 5.26 Å². The highest BCUT2D eigenvalue weighted by atomic mass is 16.2. The summed E-state index contributed by atoms with van der Waals surface area (Å²) in [7, 11) is 0. The molecule has 0 saturated carbocycles. The second-order valence-electron chi connectivity index (χ2n) is 3.73. The third-order valence-electron chi connectivity index (χ3n) is 1.78. The number of nitriles is 1. The van der Waals surface area contributed by atoms with Gasteiger partial charge in [0, 0.05) is 6.54 Å². The maximum absolute atomic E-state index is 11.2. The number of nitrogens with zero attached hydrogens (tertiary/aromatic N) is 1. The van der Waals surface area contributed by atoms with Crippen molar-refractivity contribution in [2.24, 2.45) is 11.1 Å². The van der Waals surface area contributed by atoms with Gasteiger partial charge in [-0.2, -0.15) is 5.26 Å². The van der Waals surface area contributed by atoms with E-state index in [-0.39, 0.29) is 5.91 Å². The van der Waals surface area contributed by atoms with Gasteiger partial charge in [0.2, 0.25) is 5.91 Å². The van der Waals surface area contributed by atoms with Gasteiger partial charge in [-0.25, -0.2) is 0 Å². The van der Waals surface area contributed by atoms with Crippen molar-refractivity contribution < 1.29 is 4.79 Å². The van der Waals surface area contributed by atoms with E-state index < -0.39 is 11.5 Å². The van der Waals surface area contributed by atoms with Crippen molar-refractivity contribution >= 4 is 5.91 Å². The van der Waals surface area contributed by atoms with Gasteiger partial charge in [0.25, 0.3) is 0 Å². The zero-order valence-electron chi connectivity index (χ0n) is 8.42. The minimum absolute atomic E-state index is 0.189. The maximum atomic E-state index is 11.2. The van der Waals surface area contributed by atoms with Gasteiger partial charge in [0.05, 0.1) is 17.5 Å². The zero-order valence-corrected chi connectivity index (χ0v) is 8.42. The lowest BCUT2D eigenvalue weighted by Crippen LogP contribution is -2.43. The summed E-state index contributed by atoms with van der Waals surface area (Å²) in [5.41, 5.74) is 4.97. The normalized spacial score (nSPS) is 13.2. The van der Waals surface area contributed by atoms with Gasteiger partial charge in [-0.1, -0.05) is 6.92 Å². The number of carbonyl (C=O) groups is 1. The number of amides is 1. The van der Waals surface area contributed by atoms with Crippen LogP contribution in [-0.4, -0.2) is 18.5 Å². The van der Waals surface area contributed by atoms with E-state index in [1.165, 1.54) is 0 Å². The van der Waals surface area contributed by atoms with Crippen molar-refractivity contribution in [2.75, 3.05) is 6.54 Å². The zero-order chi connectivity index (χ0) is 10.5. The highest BCUT2D eigenvalue weighted by Crippen LogP contribution is 2.10. The van der Waals surface area contributed by atoms with Gasteiger partial charge < -0.3 is 11.1 Å². The van der Waals surface area contributed by atoms with E-state index in [9.17, 15) is 4.79 Å². The Hall–Kier alpha value is -1.08. The molecule has 13 heavy (non-hydrogen) atoms. The molecule has 3 N–H and O–H groups in total. The fourth-order valence-corrected chi connectivity index (χ4v) is 0.664. The summed E-state index contributed by atoms with van der Waals surface area (Å²) in [6, 6.07) is 1.63. The number of carbonyl (C=O) groups excluding carboxylic acids is 1. The molecule has 4 nitrogen and oxygen atoms in total. The number of nitrogens with two attached hydrogens (primary N) is 1. The molecular formula is C9H17N3O. The van der Waals surface area contributed by atoms with Crippen LogP contribution in [0.3, 0.4) is 0 Å². The molecule has 0 aromatic rings. The molecule has 0 rings (SSSR count). The van der Waals surface area contributed by atoms with Crippen LogP contribution in [0.2, 0.25) is 0 Å². The van der Waals surface area contributed by atoms with Crippen molar-refractivity contribution in [2.45, 2.75) is 33.2 Å². The predicted octanol–water partition coefficient (Wildman–Crippen LogP) is 0.390. The lowest BCUT2D eigenvalue weighted by Gasteiger charge is -2.17. The van der Waals surface area contributed by atoms with Crippen LogP contribution < -0.4 is 11.1 Å². The highest BCUT2D eigenvalue weighted by molar-refractivity contribution is 5.81. The molecule has 74 valence electrons. The van der Waals surface area contributed by atoms with Crippen molar-refractivity contribution in [3.63, 3.8) is 0 Å². The second-order valence-corrected chi connectivity index (χ2v) is 3.73. The largest absolute Gasteiger partial charge is 0.353 e. The monoisotopic (exact) mass is 183 g/mol. The summed E-state index contributed by atoms with van der Waals surface area (Å²) < 4.78 is 0. The van der Waals surface area contributed by atoms with Gasteiger partial charge in [-0.3, -0.25) is 4.79 Å². The molecule has 0 radical (unpaired) electrons. The average molecular weight is 183 g/mol. The minimum Gasteiger partial charge on any atom is -0.353 e. The topological polar surface area (TPSA) is 78.9 Å². The Bertz CT molecular complexity index is 217. The first-order valence-corrected chi connectivity index (χ1v) is 4.37. The minimum atomic E-state index is -0.525. The molecule has 0 aliphatic carbocycles. The lowest BCUT2D eigenvalue weighted by molar-refractivity contribution is -0.122. The Kier molecular flexibility index (Phi) is 4.43. The third-order valence-corrected chi connectivity index (χ3v) is 1.78. The van der Waals surface area contributed by atoms with Crippen LogP contribution in [0.15, 0.2) is 0 Å². The molecular weight excluding hydrogens is 166 g/mol. The Morgan fingerprint density at radius 3 is 2.62 bits per heavy atom. The van der Waals surface area contributed by atoms with Gasteiger partial charge in [-0.05, 0) is 20.3 Å². The fourth-order valence-electron chi connectivity index (χ4n) is 0.664. The Morgan fingerprint density at radius 1 is 1.69 bits per heavy atom. The predicted molar refractivity (Wildman–Crippen MR) is 50.7 cm³/mol. The molecule has 0 saturated heterocycles. The standard InChI is InChI=1S/C9H17N3O/c1-4-7(11)8(13)12-6-9(2,3)5-10/h7H,4,6,11H2,1-3H3,(H,12,13). The molecule has 0 aliphatic heterocycles. The summed E-state index contributed by atoms with van der Waals surface area (Å²) >= 11 is 0. The molecule has 0 aliphatic rings. The van der Waals surface area contributed by atoms with Crippen LogP contribution in [0.1, 0.15) is 27.2 Å². The maximum Gasteiger partial charge on any atom is 0.236 e. The molecule has 1 amide bonds. The van der Waals surface area contributed by atoms with E-state index in [4.69, 9.17) is 11.0 Å². The Balaban J connectivity index is 3.91. The van der Waals surface area contributed by atoms with E-state index >= 15 is 0 Å². The molecule has 0 aromatic heterocycles. The van der Waals surface area contributed by atoms with E-state index in [0.717, 1.165) is 0 Å². The van der Waals surface area contributed by atoms with Crippen LogP contribution in [-0.2, 0) is 4.79 Å². The lowest BCUT2D eigenvalue weighted by atomic mass is 9.96. The van der Waals surface area contributed by atoms with Crippen LogP contribution in [0.5, 0.6) is 0 Å². The van der Waals surface area contributed by atoms with Gasteiger partial charge >= 0.3 is 0 Å². The highest BCUT2D eigenvalue weighted by Gasteiger charge is 2.19. The molecule has 0 heterocycles. The van der Waals surface area contributed by atoms with Crippen molar-refractivity contribution in [1.82, 2.24) is 5.32 Å². The number of hydrogen-bond acceptors (Lipinski definition) is 3. The van der Waals surface area contributed by atoms with Crippen LogP contribution in [0.25, 0.3) is 0 Å². The first-order valence-electron chi connectivity index (χ1n) is 4.37. The van der Waals surface area contributed by atoms with Gasteiger partial charge in [-0.15, -0.1) is 0 Å². The van der Waals surface area contributed by atoms with Gasteiger partial charge in [0.1, 0.15) is 0 Å². The quantitative estimate of drug-likeness (QED) is 0.661. The average Bonchev–Trinajstić information content (AvgIpc) is 2.13. The Morgan fingerprint density at radius 2 is 2.23 bits per heavy atom. The van der Waals surface area contributed by atoms with E-state index in [0.29, 0.717) is 13.0 Å².